The Morgan fingerprint density at radius 1 is 0.952 bits per heavy atom. The number of halogens is 1. The largest absolute Gasteiger partial charge is 0.487 e. The molecule has 0 radical (unpaired) electrons. The Hall–Kier alpha value is -3.13. The molecule has 1 saturated carbocycles. The Balaban J connectivity index is 1.48. The minimum Gasteiger partial charge on any atom is -0.487 e. The normalized spacial score (nSPS) is 18.7. The van der Waals surface area contributed by atoms with Crippen molar-refractivity contribution < 1.29 is 24.2 Å². The van der Waals surface area contributed by atoms with E-state index in [0.717, 1.165) is 35.6 Å². The van der Waals surface area contributed by atoms with E-state index in [1.54, 1.807) is 18.2 Å². The summed E-state index contributed by atoms with van der Waals surface area (Å²) < 4.78 is 11.8. The van der Waals surface area contributed by atoms with Crippen molar-refractivity contribution in [3.8, 4) is 5.75 Å². The first-order chi connectivity index (χ1) is 20.0. The van der Waals surface area contributed by atoms with E-state index in [-0.39, 0.29) is 0 Å². The van der Waals surface area contributed by atoms with Crippen LogP contribution in [0.4, 0.5) is 4.79 Å². The van der Waals surface area contributed by atoms with Crippen LogP contribution in [0, 0.1) is 5.41 Å². The Kier molecular flexibility index (Phi) is 8.83. The molecular weight excluding hydrogens is 552 g/mol. The van der Waals surface area contributed by atoms with Crippen LogP contribution in [0.15, 0.2) is 60.7 Å². The maximum atomic E-state index is 14.4. The number of ether oxygens (including phenoxy) is 2. The van der Waals surface area contributed by atoms with Gasteiger partial charge < -0.3 is 24.8 Å². The minimum absolute atomic E-state index is 0.319. The number of carbonyl (C=O) groups is 2. The average Bonchev–Trinajstić information content (AvgIpc) is 2.97. The molecule has 1 aliphatic heterocycles. The first-order valence-corrected chi connectivity index (χ1v) is 15.3. The number of nitrogens with one attached hydrogen (secondary N) is 1. The van der Waals surface area contributed by atoms with Crippen LogP contribution in [0.25, 0.3) is 10.8 Å². The predicted octanol–water partition coefficient (Wildman–Crippen LogP) is 6.62. The molecule has 2 fully saturated rings. The SMILES string of the molecule is CC(C)(C)C(C(=O)OC(=O)N1CCNCC1)(c1ccc(OCc2ccc3ccccc3c2)c(Cl)c1)C1(O)CCCCC1. The second-order valence-electron chi connectivity index (χ2n) is 12.6. The molecule has 0 aromatic heterocycles. The molecular formula is C34H41ClN2O5. The molecule has 2 aliphatic rings. The molecule has 0 bridgehead atoms. The van der Waals surface area contributed by atoms with E-state index in [4.69, 9.17) is 21.1 Å². The van der Waals surface area contributed by atoms with Crippen LogP contribution in [0.2, 0.25) is 5.02 Å². The Morgan fingerprint density at radius 2 is 1.64 bits per heavy atom. The highest BCUT2D eigenvalue weighted by Crippen LogP contribution is 2.55. The molecule has 1 saturated heterocycles. The second-order valence-corrected chi connectivity index (χ2v) is 13.0. The molecule has 8 heteroatoms. The molecule has 42 heavy (non-hydrogen) atoms. The van der Waals surface area contributed by atoms with Crippen LogP contribution in [0.3, 0.4) is 0 Å². The molecule has 0 spiro atoms. The van der Waals surface area contributed by atoms with Gasteiger partial charge in [0.2, 0.25) is 0 Å². The number of amides is 1. The van der Waals surface area contributed by atoms with Gasteiger partial charge in [0.15, 0.2) is 0 Å². The summed E-state index contributed by atoms with van der Waals surface area (Å²) in [6.07, 6.45) is 2.66. The number of hydrogen-bond donors (Lipinski definition) is 2. The summed E-state index contributed by atoms with van der Waals surface area (Å²) in [4.78, 5) is 29.0. The Morgan fingerprint density at radius 3 is 2.31 bits per heavy atom. The third kappa shape index (κ3) is 5.75. The van der Waals surface area contributed by atoms with Crippen molar-refractivity contribution in [2.75, 3.05) is 26.2 Å². The van der Waals surface area contributed by atoms with Crippen molar-refractivity contribution >= 4 is 34.4 Å². The summed E-state index contributed by atoms with van der Waals surface area (Å²) in [5.74, 6) is -0.277. The van der Waals surface area contributed by atoms with Crippen LogP contribution in [-0.4, -0.2) is 53.8 Å². The minimum atomic E-state index is -1.55. The van der Waals surface area contributed by atoms with Crippen LogP contribution in [0.1, 0.15) is 64.0 Å². The van der Waals surface area contributed by atoms with Gasteiger partial charge in [-0.05, 0) is 58.4 Å². The van der Waals surface area contributed by atoms with Crippen molar-refractivity contribution in [1.82, 2.24) is 10.2 Å². The van der Waals surface area contributed by atoms with Gasteiger partial charge in [-0.15, -0.1) is 0 Å². The van der Waals surface area contributed by atoms with E-state index in [2.05, 4.69) is 29.6 Å². The number of nitrogens with zero attached hydrogens (tertiary/aromatic N) is 1. The molecule has 224 valence electrons. The predicted molar refractivity (Wildman–Crippen MR) is 165 cm³/mol. The van der Waals surface area contributed by atoms with Crippen molar-refractivity contribution in [2.24, 2.45) is 5.41 Å². The monoisotopic (exact) mass is 592 g/mol. The van der Waals surface area contributed by atoms with Crippen molar-refractivity contribution in [3.63, 3.8) is 0 Å². The lowest BCUT2D eigenvalue weighted by molar-refractivity contribution is -0.175. The van der Waals surface area contributed by atoms with Crippen molar-refractivity contribution in [2.45, 2.75) is 70.5 Å². The molecule has 1 atom stereocenters. The van der Waals surface area contributed by atoms with Gasteiger partial charge in [-0.2, -0.15) is 0 Å². The van der Waals surface area contributed by atoms with Gasteiger partial charge >= 0.3 is 12.1 Å². The second kappa shape index (κ2) is 12.2. The van der Waals surface area contributed by atoms with Crippen LogP contribution in [-0.2, 0) is 21.6 Å². The highest BCUT2D eigenvalue weighted by Gasteiger charge is 2.64. The molecule has 1 amide bonds. The zero-order valence-corrected chi connectivity index (χ0v) is 25.5. The van der Waals surface area contributed by atoms with Crippen molar-refractivity contribution in [3.05, 3.63) is 76.8 Å². The molecule has 3 aromatic rings. The standard InChI is InChI=1S/C34H41ClN2O5/c1-32(2,3)34(33(40)15-7-4-8-16-33,30(38)42-31(39)37-19-17-36-18-20-37)27-13-14-29(28(35)22-27)41-23-24-11-12-25-9-5-6-10-26(25)21-24/h5-6,9-14,21-22,36,40H,4,7-8,15-20,23H2,1-3H3. The first kappa shape index (κ1) is 30.3. The van der Waals surface area contributed by atoms with Crippen LogP contribution < -0.4 is 10.1 Å². The van der Waals surface area contributed by atoms with Gasteiger partial charge in [-0.3, -0.25) is 4.79 Å². The number of rotatable bonds is 6. The topological polar surface area (TPSA) is 88.1 Å². The third-order valence-electron chi connectivity index (χ3n) is 8.94. The van der Waals surface area contributed by atoms with E-state index in [1.165, 1.54) is 4.90 Å². The number of esters is 1. The summed E-state index contributed by atoms with van der Waals surface area (Å²) in [6.45, 7) is 8.22. The summed E-state index contributed by atoms with van der Waals surface area (Å²) in [5, 5.41) is 18.2. The van der Waals surface area contributed by atoms with E-state index < -0.39 is 28.5 Å². The lowest BCUT2D eigenvalue weighted by Crippen LogP contribution is -2.65. The smallest absolute Gasteiger partial charge is 0.417 e. The Labute approximate surface area is 253 Å². The van der Waals surface area contributed by atoms with Gasteiger partial charge in [0.05, 0.1) is 10.6 Å². The fourth-order valence-corrected chi connectivity index (χ4v) is 7.17. The average molecular weight is 593 g/mol. The van der Waals surface area contributed by atoms with Gasteiger partial charge in [0.1, 0.15) is 17.8 Å². The summed E-state index contributed by atoms with van der Waals surface area (Å²) in [5.41, 5.74) is -2.28. The molecule has 1 aliphatic carbocycles. The zero-order chi connectivity index (χ0) is 30.0. The maximum absolute atomic E-state index is 14.4. The van der Waals surface area contributed by atoms with E-state index in [9.17, 15) is 14.7 Å². The highest BCUT2D eigenvalue weighted by molar-refractivity contribution is 6.32. The molecule has 3 aromatic carbocycles. The number of benzene rings is 3. The molecule has 1 unspecified atom stereocenters. The van der Waals surface area contributed by atoms with Crippen LogP contribution >= 0.6 is 11.6 Å². The van der Waals surface area contributed by atoms with Gasteiger partial charge in [-0.1, -0.05) is 94.1 Å². The lowest BCUT2D eigenvalue weighted by Gasteiger charge is -2.54. The van der Waals surface area contributed by atoms with E-state index >= 15 is 0 Å². The Bertz CT molecular complexity index is 1440. The first-order valence-electron chi connectivity index (χ1n) is 14.9. The number of piperazine rings is 1. The molecule has 7 nitrogen and oxygen atoms in total. The van der Waals surface area contributed by atoms with Crippen molar-refractivity contribution in [1.29, 1.82) is 0 Å². The number of fused-ring (bicyclic) bond motifs is 1. The summed E-state index contributed by atoms with van der Waals surface area (Å²) in [7, 11) is 0. The van der Waals surface area contributed by atoms with E-state index in [0.29, 0.717) is 62.0 Å². The third-order valence-corrected chi connectivity index (χ3v) is 9.23. The highest BCUT2D eigenvalue weighted by atomic mass is 35.5. The molecule has 1 heterocycles. The number of aliphatic hydroxyl groups is 1. The van der Waals surface area contributed by atoms with Gasteiger partial charge in [0, 0.05) is 26.2 Å². The fraction of sp³-hybridized carbons (Fsp3) is 0.471. The van der Waals surface area contributed by atoms with Gasteiger partial charge in [0.25, 0.3) is 0 Å². The lowest BCUT2D eigenvalue weighted by atomic mass is 9.51. The zero-order valence-electron chi connectivity index (χ0n) is 24.7. The van der Waals surface area contributed by atoms with E-state index in [1.807, 2.05) is 39.0 Å². The number of carbonyl (C=O) groups excluding carboxylic acids is 2. The summed E-state index contributed by atoms with van der Waals surface area (Å²) in [6, 6.07) is 19.6. The number of hydrogen-bond acceptors (Lipinski definition) is 6. The quantitative estimate of drug-likeness (QED) is 0.247. The molecule has 2 N–H and O–H groups in total. The maximum Gasteiger partial charge on any atom is 0.417 e. The molecule has 5 rings (SSSR count). The van der Waals surface area contributed by atoms with Crippen LogP contribution in [0.5, 0.6) is 5.75 Å². The fourth-order valence-electron chi connectivity index (χ4n) is 6.93. The van der Waals surface area contributed by atoms with Gasteiger partial charge in [-0.25, -0.2) is 4.79 Å². The summed E-state index contributed by atoms with van der Waals surface area (Å²) >= 11 is 6.82.